The first kappa shape index (κ1) is 22.9. The Balaban J connectivity index is 1.47. The second kappa shape index (κ2) is 7.84. The van der Waals surface area contributed by atoms with Crippen molar-refractivity contribution in [2.24, 2.45) is 23.2 Å². The Kier molecular flexibility index (Phi) is 5.45. The molecule has 8 nitrogen and oxygen atoms in total. The molecule has 3 unspecified atom stereocenters. The zero-order valence-electron chi connectivity index (χ0n) is 20.0. The molecule has 4 bridgehead atoms. The molecule has 6 fully saturated rings. The minimum Gasteiger partial charge on any atom is -0.444 e. The summed E-state index contributed by atoms with van der Waals surface area (Å²) >= 11 is 0. The number of aliphatic hydroxyl groups is 1. The maximum absolute atomic E-state index is 14.1. The summed E-state index contributed by atoms with van der Waals surface area (Å²) < 4.78 is 11.8. The number of hydrogen-bond donors (Lipinski definition) is 2. The Morgan fingerprint density at radius 1 is 1.18 bits per heavy atom. The summed E-state index contributed by atoms with van der Waals surface area (Å²) in [7, 11) is 0. The summed E-state index contributed by atoms with van der Waals surface area (Å²) in [6, 6.07) is 1.29. The number of likely N-dealkylation sites (tertiary alicyclic amines) is 1. The van der Waals surface area contributed by atoms with Gasteiger partial charge < -0.3 is 24.8 Å². The predicted octanol–water partition coefficient (Wildman–Crippen LogP) is 2.74. The van der Waals surface area contributed by atoms with Crippen molar-refractivity contribution in [3.05, 3.63) is 0 Å². The molecule has 0 aromatic rings. The van der Waals surface area contributed by atoms with Crippen molar-refractivity contribution in [3.8, 4) is 6.07 Å². The molecular weight excluding hydrogens is 422 g/mol. The normalized spacial score (nSPS) is 41.3. The minimum atomic E-state index is -0.731. The number of nitriles is 1. The third-order valence-corrected chi connectivity index (χ3v) is 8.58. The van der Waals surface area contributed by atoms with Crippen molar-refractivity contribution >= 4 is 12.0 Å². The van der Waals surface area contributed by atoms with E-state index in [0.29, 0.717) is 30.8 Å². The van der Waals surface area contributed by atoms with E-state index in [0.717, 1.165) is 44.9 Å². The van der Waals surface area contributed by atoms with Crippen LogP contribution in [-0.4, -0.2) is 64.5 Å². The van der Waals surface area contributed by atoms with Gasteiger partial charge in [0.1, 0.15) is 17.7 Å². The van der Waals surface area contributed by atoms with Crippen LogP contribution >= 0.6 is 0 Å². The van der Waals surface area contributed by atoms with Gasteiger partial charge in [-0.2, -0.15) is 5.26 Å². The lowest BCUT2D eigenvalue weighted by Crippen LogP contribution is -2.67. The van der Waals surface area contributed by atoms with E-state index < -0.39 is 29.2 Å². The summed E-state index contributed by atoms with van der Waals surface area (Å²) in [4.78, 5) is 28.8. The largest absolute Gasteiger partial charge is 0.444 e. The third-order valence-electron chi connectivity index (χ3n) is 8.58. The number of ether oxygens (including phenoxy) is 2. The highest BCUT2D eigenvalue weighted by Crippen LogP contribution is 2.64. The number of carbonyl (C=O) groups is 2. The van der Waals surface area contributed by atoms with Crippen molar-refractivity contribution in [2.45, 2.75) is 101 Å². The van der Waals surface area contributed by atoms with Crippen LogP contribution in [0.1, 0.15) is 72.1 Å². The van der Waals surface area contributed by atoms with E-state index in [-0.39, 0.29) is 24.2 Å². The second-order valence-electron chi connectivity index (χ2n) is 12.3. The molecule has 6 aliphatic rings. The lowest BCUT2D eigenvalue weighted by molar-refractivity contribution is -0.205. The molecule has 0 aromatic carbocycles. The van der Waals surface area contributed by atoms with E-state index in [1.165, 1.54) is 0 Å². The molecule has 8 heteroatoms. The SMILES string of the molecule is CC(C)(C)OC(=O)N[C@H](C(=O)N1[C@H](C#N)C[C@@H]2C[C@@H]21)C12CC3C[C@H](CC(OCCO)(C3)C1)C2. The lowest BCUT2D eigenvalue weighted by Gasteiger charge is -2.63. The molecule has 6 rings (SSSR count). The fraction of sp³-hybridized carbons (Fsp3) is 0.880. The van der Waals surface area contributed by atoms with Gasteiger partial charge in [-0.1, -0.05) is 0 Å². The Hall–Kier alpha value is -1.85. The number of nitrogens with one attached hydrogen (secondary N) is 1. The summed E-state index contributed by atoms with van der Waals surface area (Å²) in [6.45, 7) is 5.70. The van der Waals surface area contributed by atoms with Crippen LogP contribution < -0.4 is 5.32 Å². The first-order chi connectivity index (χ1) is 15.6. The van der Waals surface area contributed by atoms with Gasteiger partial charge in [-0.15, -0.1) is 0 Å². The van der Waals surface area contributed by atoms with Gasteiger partial charge in [-0.25, -0.2) is 4.79 Å². The first-order valence-electron chi connectivity index (χ1n) is 12.5. The van der Waals surface area contributed by atoms with Crippen molar-refractivity contribution in [1.82, 2.24) is 10.2 Å². The molecule has 33 heavy (non-hydrogen) atoms. The van der Waals surface area contributed by atoms with Crippen molar-refractivity contribution in [2.75, 3.05) is 13.2 Å². The number of aliphatic hydroxyl groups excluding tert-OH is 1. The molecule has 1 aliphatic heterocycles. The van der Waals surface area contributed by atoms with Gasteiger partial charge in [-0.3, -0.25) is 4.79 Å². The highest BCUT2D eigenvalue weighted by atomic mass is 16.6. The van der Waals surface area contributed by atoms with Crippen LogP contribution in [0.5, 0.6) is 0 Å². The Bertz CT molecular complexity index is 847. The molecular formula is C25H37N3O5. The number of alkyl carbamates (subject to hydrolysis) is 1. The molecule has 0 radical (unpaired) electrons. The van der Waals surface area contributed by atoms with E-state index in [1.807, 2.05) is 20.8 Å². The van der Waals surface area contributed by atoms with Gasteiger partial charge in [0.05, 0.1) is 24.9 Å². The van der Waals surface area contributed by atoms with E-state index in [1.54, 1.807) is 4.90 Å². The van der Waals surface area contributed by atoms with Crippen molar-refractivity contribution in [3.63, 3.8) is 0 Å². The van der Waals surface area contributed by atoms with Crippen molar-refractivity contribution in [1.29, 1.82) is 5.26 Å². The fourth-order valence-corrected chi connectivity index (χ4v) is 7.96. The van der Waals surface area contributed by atoms with Crippen LogP contribution in [0.4, 0.5) is 4.79 Å². The molecule has 0 spiro atoms. The average Bonchev–Trinajstić information content (AvgIpc) is 3.37. The van der Waals surface area contributed by atoms with E-state index in [4.69, 9.17) is 9.47 Å². The molecule has 0 aromatic heterocycles. The van der Waals surface area contributed by atoms with Crippen LogP contribution in [0.15, 0.2) is 0 Å². The molecule has 5 saturated carbocycles. The van der Waals surface area contributed by atoms with Crippen LogP contribution in [0, 0.1) is 34.5 Å². The van der Waals surface area contributed by atoms with Crippen molar-refractivity contribution < 1.29 is 24.2 Å². The summed E-state index contributed by atoms with van der Waals surface area (Å²) in [5.74, 6) is 1.17. The first-order valence-corrected chi connectivity index (χ1v) is 12.5. The number of fused-ring (bicyclic) bond motifs is 1. The maximum atomic E-state index is 14.1. The Labute approximate surface area is 196 Å². The number of piperidine rings is 1. The topological polar surface area (TPSA) is 112 Å². The molecule has 8 atom stereocenters. The van der Waals surface area contributed by atoms with E-state index in [9.17, 15) is 20.0 Å². The average molecular weight is 460 g/mol. The lowest BCUT2D eigenvalue weighted by atomic mass is 9.46. The van der Waals surface area contributed by atoms with E-state index >= 15 is 0 Å². The smallest absolute Gasteiger partial charge is 0.408 e. The molecule has 182 valence electrons. The standard InChI is InChI=1S/C25H37N3O5/c1-23(2,3)33-22(31)27-20(21(30)28-18(13-26)7-17-8-19(17)28)24-9-15-6-16(10-24)12-25(11-15,14-24)32-5-4-29/h15-20,29H,4-12,14H2,1-3H3,(H,27,31)/t15-,16?,17+,18-,19-,20+,24?,25?/m0/s1. The molecule has 1 saturated heterocycles. The van der Waals surface area contributed by atoms with Gasteiger partial charge in [-0.05, 0) is 89.9 Å². The highest BCUT2D eigenvalue weighted by molar-refractivity contribution is 5.88. The monoisotopic (exact) mass is 459 g/mol. The number of carbonyl (C=O) groups excluding carboxylic acids is 2. The number of amides is 2. The third kappa shape index (κ3) is 4.12. The molecule has 2 N–H and O–H groups in total. The summed E-state index contributed by atoms with van der Waals surface area (Å²) in [5.41, 5.74) is -1.43. The molecule has 1 heterocycles. The Morgan fingerprint density at radius 3 is 2.48 bits per heavy atom. The van der Waals surface area contributed by atoms with Gasteiger partial charge in [0.15, 0.2) is 0 Å². The predicted molar refractivity (Wildman–Crippen MR) is 119 cm³/mol. The minimum absolute atomic E-state index is 0.0245. The van der Waals surface area contributed by atoms with Crippen LogP contribution in [0.2, 0.25) is 0 Å². The van der Waals surface area contributed by atoms with E-state index in [2.05, 4.69) is 11.4 Å². The van der Waals surface area contributed by atoms with Crippen LogP contribution in [-0.2, 0) is 14.3 Å². The molecule has 2 amide bonds. The van der Waals surface area contributed by atoms with Crippen LogP contribution in [0.3, 0.4) is 0 Å². The van der Waals surface area contributed by atoms with Gasteiger partial charge in [0.25, 0.3) is 0 Å². The highest BCUT2D eigenvalue weighted by Gasteiger charge is 2.64. The number of rotatable bonds is 6. The zero-order valence-corrected chi connectivity index (χ0v) is 20.0. The second-order valence-corrected chi connectivity index (χ2v) is 12.3. The number of nitrogens with zero attached hydrogens (tertiary/aromatic N) is 2. The quantitative estimate of drug-likeness (QED) is 0.632. The Morgan fingerprint density at radius 2 is 1.88 bits per heavy atom. The fourth-order valence-electron chi connectivity index (χ4n) is 7.96. The maximum Gasteiger partial charge on any atom is 0.408 e. The zero-order chi connectivity index (χ0) is 23.6. The van der Waals surface area contributed by atoms with Gasteiger partial charge in [0, 0.05) is 11.5 Å². The molecule has 5 aliphatic carbocycles. The number of hydrogen-bond acceptors (Lipinski definition) is 6. The summed E-state index contributed by atoms with van der Waals surface area (Å²) in [5, 5.41) is 22.1. The summed E-state index contributed by atoms with van der Waals surface area (Å²) in [6.07, 6.45) is 6.58. The van der Waals surface area contributed by atoms with Gasteiger partial charge in [0.2, 0.25) is 5.91 Å². The van der Waals surface area contributed by atoms with Gasteiger partial charge >= 0.3 is 6.09 Å². The van der Waals surface area contributed by atoms with Crippen LogP contribution in [0.25, 0.3) is 0 Å².